The third kappa shape index (κ3) is 4.66. The van der Waals surface area contributed by atoms with E-state index >= 15 is 0 Å². The number of aryl methyl sites for hydroxylation is 1. The zero-order chi connectivity index (χ0) is 13.5. The monoisotopic (exact) mass is 260 g/mol. The molecule has 0 spiro atoms. The maximum Gasteiger partial charge on any atom is 0.276 e. The van der Waals surface area contributed by atoms with E-state index in [0.29, 0.717) is 5.75 Å². The smallest absolute Gasteiger partial charge is 0.276 e. The van der Waals surface area contributed by atoms with Gasteiger partial charge in [-0.05, 0) is 44.7 Å². The molecule has 0 atom stereocenters. The van der Waals surface area contributed by atoms with Crippen LogP contribution in [0.3, 0.4) is 0 Å². The Morgan fingerprint density at radius 2 is 2.05 bits per heavy atom. The lowest BCUT2D eigenvalue weighted by atomic mass is 10.1. The summed E-state index contributed by atoms with van der Waals surface area (Å²) in [6, 6.07) is 7.63. The maximum absolute atomic E-state index is 11.6. The molecular formula is C15H20N2O2. The highest BCUT2D eigenvalue weighted by molar-refractivity contribution is 5.77. The number of hydrazine groups is 1. The van der Waals surface area contributed by atoms with Crippen molar-refractivity contribution < 1.29 is 9.53 Å². The summed E-state index contributed by atoms with van der Waals surface area (Å²) >= 11 is 0. The normalized spacial score (nSPS) is 14.5. The number of amides is 1. The van der Waals surface area contributed by atoms with Crippen LogP contribution >= 0.6 is 0 Å². The van der Waals surface area contributed by atoms with Crippen LogP contribution in [0, 0.1) is 6.92 Å². The van der Waals surface area contributed by atoms with Crippen LogP contribution in [0.25, 0.3) is 0 Å². The minimum atomic E-state index is -0.174. The molecule has 102 valence electrons. The van der Waals surface area contributed by atoms with Gasteiger partial charge in [-0.1, -0.05) is 23.8 Å². The molecule has 4 heteroatoms. The van der Waals surface area contributed by atoms with Crippen molar-refractivity contribution in [3.8, 4) is 5.75 Å². The Morgan fingerprint density at radius 3 is 2.74 bits per heavy atom. The Hall–Kier alpha value is -1.97. The van der Waals surface area contributed by atoms with E-state index in [1.807, 2.05) is 31.2 Å². The fraction of sp³-hybridized carbons (Fsp3) is 0.400. The van der Waals surface area contributed by atoms with Crippen LogP contribution < -0.4 is 15.6 Å². The molecule has 1 aliphatic carbocycles. The van der Waals surface area contributed by atoms with Gasteiger partial charge < -0.3 is 10.2 Å². The van der Waals surface area contributed by atoms with E-state index in [0.717, 1.165) is 18.5 Å². The van der Waals surface area contributed by atoms with Crippen molar-refractivity contribution >= 4 is 5.91 Å². The van der Waals surface area contributed by atoms with Gasteiger partial charge in [-0.3, -0.25) is 10.2 Å². The highest BCUT2D eigenvalue weighted by atomic mass is 16.5. The molecule has 1 aromatic carbocycles. The summed E-state index contributed by atoms with van der Waals surface area (Å²) in [6.45, 7) is 2.03. The summed E-state index contributed by atoms with van der Waals surface area (Å²) in [5.41, 5.74) is 7.86. The number of hydrogen-bond acceptors (Lipinski definition) is 3. The quantitative estimate of drug-likeness (QED) is 0.800. The molecule has 0 saturated heterocycles. The number of carbonyl (C=O) groups is 1. The fourth-order valence-corrected chi connectivity index (χ4v) is 1.92. The van der Waals surface area contributed by atoms with Crippen molar-refractivity contribution in [3.05, 3.63) is 41.6 Å². The molecule has 1 aliphatic rings. The summed E-state index contributed by atoms with van der Waals surface area (Å²) in [5, 5.41) is 0. The Balaban J connectivity index is 1.69. The van der Waals surface area contributed by atoms with Crippen LogP contribution in [0.5, 0.6) is 5.75 Å². The molecule has 0 radical (unpaired) electrons. The van der Waals surface area contributed by atoms with E-state index < -0.39 is 0 Å². The standard InChI is InChI=1S/C15H20N2O2/c1-12-7-9-14(10-8-12)19-11-15(18)17-16-13-5-3-2-4-6-13/h5,7-10,16H,2-4,6,11H2,1H3,(H,17,18). The van der Waals surface area contributed by atoms with Gasteiger partial charge in [0.05, 0.1) is 0 Å². The maximum atomic E-state index is 11.6. The first kappa shape index (κ1) is 13.5. The zero-order valence-electron chi connectivity index (χ0n) is 11.2. The second kappa shape index (κ2) is 6.83. The molecule has 1 aromatic rings. The second-order valence-corrected chi connectivity index (χ2v) is 4.75. The van der Waals surface area contributed by atoms with Crippen LogP contribution in [0.4, 0.5) is 0 Å². The zero-order valence-corrected chi connectivity index (χ0v) is 11.2. The molecule has 0 heterocycles. The average Bonchev–Trinajstić information content (AvgIpc) is 2.45. The van der Waals surface area contributed by atoms with Gasteiger partial charge in [0.1, 0.15) is 5.75 Å². The van der Waals surface area contributed by atoms with Crippen LogP contribution in [-0.4, -0.2) is 12.5 Å². The van der Waals surface area contributed by atoms with E-state index in [2.05, 4.69) is 16.9 Å². The van der Waals surface area contributed by atoms with Gasteiger partial charge in [-0.25, -0.2) is 0 Å². The van der Waals surface area contributed by atoms with Gasteiger partial charge in [0.25, 0.3) is 5.91 Å². The molecule has 0 aliphatic heterocycles. The largest absolute Gasteiger partial charge is 0.484 e. The van der Waals surface area contributed by atoms with Gasteiger partial charge in [-0.15, -0.1) is 0 Å². The van der Waals surface area contributed by atoms with E-state index in [1.165, 1.54) is 18.4 Å². The summed E-state index contributed by atoms with van der Waals surface area (Å²) in [4.78, 5) is 11.6. The van der Waals surface area contributed by atoms with Gasteiger partial charge in [0, 0.05) is 5.70 Å². The Labute approximate surface area is 113 Å². The van der Waals surface area contributed by atoms with Crippen molar-refractivity contribution in [2.45, 2.75) is 32.6 Å². The predicted molar refractivity (Wildman–Crippen MR) is 74.5 cm³/mol. The number of rotatable bonds is 5. The van der Waals surface area contributed by atoms with E-state index in [-0.39, 0.29) is 12.5 Å². The Kier molecular flexibility index (Phi) is 4.84. The minimum Gasteiger partial charge on any atom is -0.484 e. The lowest BCUT2D eigenvalue weighted by Crippen LogP contribution is -2.40. The number of carbonyl (C=O) groups excluding carboxylic acids is 1. The molecule has 1 amide bonds. The highest BCUT2D eigenvalue weighted by Crippen LogP contribution is 2.14. The van der Waals surface area contributed by atoms with Crippen LogP contribution in [0.15, 0.2) is 36.0 Å². The highest BCUT2D eigenvalue weighted by Gasteiger charge is 2.05. The molecule has 4 nitrogen and oxygen atoms in total. The van der Waals surface area contributed by atoms with Gasteiger partial charge >= 0.3 is 0 Å². The molecule has 2 rings (SSSR count). The van der Waals surface area contributed by atoms with Crippen molar-refractivity contribution in [2.24, 2.45) is 0 Å². The molecule has 0 fully saturated rings. The number of benzene rings is 1. The van der Waals surface area contributed by atoms with Gasteiger partial charge in [0.15, 0.2) is 6.61 Å². The SMILES string of the molecule is Cc1ccc(OCC(=O)NNC2=CCCCC2)cc1. The number of allylic oxidation sites excluding steroid dienone is 2. The first-order valence-electron chi connectivity index (χ1n) is 6.67. The third-order valence-electron chi connectivity index (χ3n) is 3.04. The number of nitrogens with one attached hydrogen (secondary N) is 2. The molecule has 0 aromatic heterocycles. The van der Waals surface area contributed by atoms with E-state index in [9.17, 15) is 4.79 Å². The van der Waals surface area contributed by atoms with Crippen molar-refractivity contribution in [2.75, 3.05) is 6.61 Å². The van der Waals surface area contributed by atoms with E-state index in [1.54, 1.807) is 0 Å². The van der Waals surface area contributed by atoms with Crippen LogP contribution in [0.2, 0.25) is 0 Å². The number of ether oxygens (including phenoxy) is 1. The van der Waals surface area contributed by atoms with Crippen molar-refractivity contribution in [3.63, 3.8) is 0 Å². The second-order valence-electron chi connectivity index (χ2n) is 4.75. The Bertz CT molecular complexity index is 452. The van der Waals surface area contributed by atoms with E-state index in [4.69, 9.17) is 4.74 Å². The first-order valence-corrected chi connectivity index (χ1v) is 6.67. The predicted octanol–water partition coefficient (Wildman–Crippen LogP) is 2.45. The molecule has 2 N–H and O–H groups in total. The average molecular weight is 260 g/mol. The van der Waals surface area contributed by atoms with Crippen LogP contribution in [-0.2, 0) is 4.79 Å². The van der Waals surface area contributed by atoms with Gasteiger partial charge in [-0.2, -0.15) is 0 Å². The Morgan fingerprint density at radius 1 is 1.26 bits per heavy atom. The molecule has 0 unspecified atom stereocenters. The molecule has 19 heavy (non-hydrogen) atoms. The summed E-state index contributed by atoms with van der Waals surface area (Å²) in [6.07, 6.45) is 6.62. The van der Waals surface area contributed by atoms with Gasteiger partial charge in [0.2, 0.25) is 0 Å². The summed E-state index contributed by atoms with van der Waals surface area (Å²) in [7, 11) is 0. The van der Waals surface area contributed by atoms with Crippen molar-refractivity contribution in [1.29, 1.82) is 0 Å². The molecule has 0 saturated carbocycles. The summed E-state index contributed by atoms with van der Waals surface area (Å²) in [5.74, 6) is 0.532. The number of hydrogen-bond donors (Lipinski definition) is 2. The lowest BCUT2D eigenvalue weighted by Gasteiger charge is -2.15. The minimum absolute atomic E-state index is 0.0172. The topological polar surface area (TPSA) is 50.4 Å². The third-order valence-corrected chi connectivity index (χ3v) is 3.04. The van der Waals surface area contributed by atoms with Crippen molar-refractivity contribution in [1.82, 2.24) is 10.9 Å². The lowest BCUT2D eigenvalue weighted by molar-refractivity contribution is -0.123. The molecule has 0 bridgehead atoms. The summed E-state index contributed by atoms with van der Waals surface area (Å²) < 4.78 is 5.39. The molecular weight excluding hydrogens is 240 g/mol. The fourth-order valence-electron chi connectivity index (χ4n) is 1.92. The first-order chi connectivity index (χ1) is 9.24. The van der Waals surface area contributed by atoms with Crippen LogP contribution in [0.1, 0.15) is 31.2 Å².